The Kier molecular flexibility index (Phi) is 4.45. The number of anilines is 1. The average molecular weight is 381 g/mol. The first-order valence-electron chi connectivity index (χ1n) is 9.51. The molecule has 1 fully saturated rings. The number of nitrogens with zero attached hydrogens (tertiary/aromatic N) is 4. The Balaban J connectivity index is 1.70. The maximum atomic E-state index is 5.33. The number of hydrogen-bond acceptors (Lipinski definition) is 7. The number of nitrogens with one attached hydrogen (secondary N) is 3. The molecule has 0 amide bonds. The highest BCUT2D eigenvalue weighted by Gasteiger charge is 2.46. The van der Waals surface area contributed by atoms with E-state index in [2.05, 4.69) is 75.8 Å². The van der Waals surface area contributed by atoms with Crippen molar-refractivity contribution in [1.82, 2.24) is 30.7 Å². The molecule has 3 heterocycles. The number of hydrogen-bond donors (Lipinski definition) is 3. The molecule has 8 nitrogen and oxygen atoms in total. The summed E-state index contributed by atoms with van der Waals surface area (Å²) in [5.41, 5.74) is 2.30. The predicted molar refractivity (Wildman–Crippen MR) is 109 cm³/mol. The maximum absolute atomic E-state index is 5.33. The predicted octanol–water partition coefficient (Wildman–Crippen LogP) is 2.87. The van der Waals surface area contributed by atoms with Gasteiger partial charge < -0.3 is 15.4 Å². The molecule has 4 rings (SSSR count). The topological polar surface area (TPSA) is 101 Å². The van der Waals surface area contributed by atoms with E-state index in [0.29, 0.717) is 17.1 Å². The minimum Gasteiger partial charge on any atom is -0.497 e. The number of rotatable bonds is 4. The monoisotopic (exact) mass is 381 g/mol. The normalized spacial score (nSPS) is 23.5. The van der Waals surface area contributed by atoms with E-state index in [1.165, 1.54) is 5.56 Å². The highest BCUT2D eigenvalue weighted by atomic mass is 16.5. The number of aromatic amines is 1. The van der Waals surface area contributed by atoms with Crippen molar-refractivity contribution in [1.29, 1.82) is 0 Å². The smallest absolute Gasteiger partial charge is 0.225 e. The molecule has 3 N–H and O–H groups in total. The Morgan fingerprint density at radius 1 is 1.11 bits per heavy atom. The third-order valence-corrected chi connectivity index (χ3v) is 5.44. The van der Waals surface area contributed by atoms with Gasteiger partial charge >= 0.3 is 0 Å². The van der Waals surface area contributed by atoms with E-state index < -0.39 is 0 Å². The molecular weight excluding hydrogens is 354 g/mol. The van der Waals surface area contributed by atoms with Gasteiger partial charge in [0.2, 0.25) is 11.6 Å². The Morgan fingerprint density at radius 2 is 1.86 bits per heavy atom. The molecule has 3 aromatic rings. The van der Waals surface area contributed by atoms with Crippen LogP contribution >= 0.6 is 0 Å². The van der Waals surface area contributed by atoms with Gasteiger partial charge in [-0.2, -0.15) is 15.3 Å². The van der Waals surface area contributed by atoms with Crippen molar-refractivity contribution in [2.45, 2.75) is 57.2 Å². The minimum absolute atomic E-state index is 0.0257. The molecule has 0 radical (unpaired) electrons. The van der Waals surface area contributed by atoms with E-state index in [-0.39, 0.29) is 23.0 Å². The first-order chi connectivity index (χ1) is 13.3. The fourth-order valence-corrected chi connectivity index (χ4v) is 4.66. The number of methoxy groups -OCH3 is 1. The molecule has 0 saturated carbocycles. The fraction of sp³-hybridized carbons (Fsp3) is 0.500. The van der Waals surface area contributed by atoms with Crippen molar-refractivity contribution in [2.24, 2.45) is 0 Å². The molecule has 148 valence electrons. The van der Waals surface area contributed by atoms with Gasteiger partial charge in [0.15, 0.2) is 0 Å². The molecular formula is C20H27N7O. The van der Waals surface area contributed by atoms with Crippen LogP contribution in [0, 0.1) is 0 Å². The van der Waals surface area contributed by atoms with Gasteiger partial charge in [0.05, 0.1) is 13.3 Å². The largest absolute Gasteiger partial charge is 0.497 e. The molecule has 2 unspecified atom stereocenters. The molecule has 0 bridgehead atoms. The summed E-state index contributed by atoms with van der Waals surface area (Å²) >= 11 is 0. The number of H-pyrrole nitrogens is 1. The zero-order chi connectivity index (χ0) is 19.9. The summed E-state index contributed by atoms with van der Waals surface area (Å²) in [7, 11) is 1.69. The second-order valence-corrected chi connectivity index (χ2v) is 8.66. The van der Waals surface area contributed by atoms with Crippen LogP contribution in [0.5, 0.6) is 5.75 Å². The number of ether oxygens (including phenoxy) is 1. The Labute approximate surface area is 164 Å². The van der Waals surface area contributed by atoms with E-state index in [9.17, 15) is 0 Å². The van der Waals surface area contributed by atoms with Gasteiger partial charge in [-0.25, -0.2) is 4.98 Å². The first-order valence-corrected chi connectivity index (χ1v) is 9.51. The minimum atomic E-state index is -0.133. The Morgan fingerprint density at radius 3 is 2.57 bits per heavy atom. The summed E-state index contributed by atoms with van der Waals surface area (Å²) in [5.74, 6) is 1.64. The SMILES string of the molecule is COc1ccc(C2C(Nc3ncc4n[nH]nc4n3)CC(C)(C)NC2(C)C)cc1. The second kappa shape index (κ2) is 6.70. The van der Waals surface area contributed by atoms with Gasteiger partial charge in [-0.3, -0.25) is 0 Å². The van der Waals surface area contributed by atoms with Gasteiger partial charge in [-0.05, 0) is 51.8 Å². The number of aromatic nitrogens is 5. The quantitative estimate of drug-likeness (QED) is 0.639. The van der Waals surface area contributed by atoms with Crippen LogP contribution in [0.3, 0.4) is 0 Å². The van der Waals surface area contributed by atoms with E-state index in [1.807, 2.05) is 12.1 Å². The zero-order valence-electron chi connectivity index (χ0n) is 16.9. The van der Waals surface area contributed by atoms with Crippen molar-refractivity contribution in [3.8, 4) is 5.75 Å². The molecule has 2 aromatic heterocycles. The van der Waals surface area contributed by atoms with Crippen LogP contribution in [0.25, 0.3) is 11.2 Å². The lowest BCUT2D eigenvalue weighted by Crippen LogP contribution is -2.64. The number of benzene rings is 1. The van der Waals surface area contributed by atoms with Crippen molar-refractivity contribution in [2.75, 3.05) is 12.4 Å². The molecule has 0 aliphatic carbocycles. The standard InChI is InChI=1S/C20H27N7O/c1-19(2)10-14(22-18-21-11-15-17(23-18)25-27-24-15)16(20(3,4)26-19)12-6-8-13(28-5)9-7-12/h6-9,11,14,16,26H,10H2,1-5H3,(H2,21,22,23,24,25,27). The van der Waals surface area contributed by atoms with Crippen LogP contribution in [-0.2, 0) is 0 Å². The third kappa shape index (κ3) is 3.52. The Hall–Kier alpha value is -2.74. The molecule has 1 aromatic carbocycles. The van der Waals surface area contributed by atoms with Crippen LogP contribution in [0.15, 0.2) is 30.5 Å². The van der Waals surface area contributed by atoms with Gasteiger partial charge in [0, 0.05) is 23.0 Å². The van der Waals surface area contributed by atoms with Crippen molar-refractivity contribution in [3.05, 3.63) is 36.0 Å². The average Bonchev–Trinajstić information content (AvgIpc) is 3.08. The number of piperidine rings is 1. The van der Waals surface area contributed by atoms with Crippen LogP contribution in [0.4, 0.5) is 5.95 Å². The number of fused-ring (bicyclic) bond motifs is 1. The summed E-state index contributed by atoms with van der Waals surface area (Å²) in [6, 6.07) is 8.45. The van der Waals surface area contributed by atoms with Crippen molar-refractivity contribution >= 4 is 17.1 Å². The molecule has 2 atom stereocenters. The third-order valence-electron chi connectivity index (χ3n) is 5.44. The van der Waals surface area contributed by atoms with Crippen LogP contribution < -0.4 is 15.4 Å². The Bertz CT molecular complexity index is 964. The van der Waals surface area contributed by atoms with Crippen LogP contribution in [0.1, 0.15) is 45.6 Å². The fourth-order valence-electron chi connectivity index (χ4n) is 4.66. The van der Waals surface area contributed by atoms with E-state index in [1.54, 1.807) is 13.3 Å². The molecule has 8 heteroatoms. The first kappa shape index (κ1) is 18.6. The zero-order valence-corrected chi connectivity index (χ0v) is 16.9. The van der Waals surface area contributed by atoms with Gasteiger partial charge in [0.25, 0.3) is 0 Å². The second-order valence-electron chi connectivity index (χ2n) is 8.66. The highest BCUT2D eigenvalue weighted by Crippen LogP contribution is 2.41. The van der Waals surface area contributed by atoms with Crippen LogP contribution in [0.2, 0.25) is 0 Å². The summed E-state index contributed by atoms with van der Waals surface area (Å²) in [5, 5.41) is 18.1. The highest BCUT2D eigenvalue weighted by molar-refractivity contribution is 5.68. The summed E-state index contributed by atoms with van der Waals surface area (Å²) in [6.07, 6.45) is 2.61. The summed E-state index contributed by atoms with van der Waals surface area (Å²) in [4.78, 5) is 8.95. The molecule has 1 saturated heterocycles. The summed E-state index contributed by atoms with van der Waals surface area (Å²) in [6.45, 7) is 8.96. The van der Waals surface area contributed by atoms with E-state index in [4.69, 9.17) is 4.74 Å². The van der Waals surface area contributed by atoms with Crippen molar-refractivity contribution < 1.29 is 4.74 Å². The molecule has 1 aliphatic heterocycles. The molecule has 0 spiro atoms. The molecule has 28 heavy (non-hydrogen) atoms. The van der Waals surface area contributed by atoms with Crippen LogP contribution in [-0.4, -0.2) is 49.6 Å². The lowest BCUT2D eigenvalue weighted by molar-refractivity contribution is 0.141. The lowest BCUT2D eigenvalue weighted by atomic mass is 9.68. The van der Waals surface area contributed by atoms with Gasteiger partial charge in [0.1, 0.15) is 11.3 Å². The molecule has 1 aliphatic rings. The van der Waals surface area contributed by atoms with E-state index in [0.717, 1.165) is 12.2 Å². The van der Waals surface area contributed by atoms with E-state index >= 15 is 0 Å². The van der Waals surface area contributed by atoms with Gasteiger partial charge in [-0.1, -0.05) is 12.1 Å². The lowest BCUT2D eigenvalue weighted by Gasteiger charge is -2.52. The summed E-state index contributed by atoms with van der Waals surface area (Å²) < 4.78 is 5.33. The van der Waals surface area contributed by atoms with Gasteiger partial charge in [-0.15, -0.1) is 5.10 Å². The maximum Gasteiger partial charge on any atom is 0.225 e. The van der Waals surface area contributed by atoms with Crippen molar-refractivity contribution in [3.63, 3.8) is 0 Å².